The first kappa shape index (κ1) is 20.7. The van der Waals surface area contributed by atoms with Gasteiger partial charge in [0.15, 0.2) is 5.65 Å². The van der Waals surface area contributed by atoms with Gasteiger partial charge in [-0.1, -0.05) is 19.1 Å². The zero-order valence-electron chi connectivity index (χ0n) is 18.4. The molecule has 6 heteroatoms. The van der Waals surface area contributed by atoms with Crippen molar-refractivity contribution in [1.82, 2.24) is 9.38 Å². The number of benzene rings is 1. The maximum Gasteiger partial charge on any atom is 0.157 e. The van der Waals surface area contributed by atoms with Crippen LogP contribution in [0.5, 0.6) is 0 Å². The second kappa shape index (κ2) is 8.03. The topological polar surface area (TPSA) is 64.6 Å². The van der Waals surface area contributed by atoms with Gasteiger partial charge < -0.3 is 10.0 Å². The maximum absolute atomic E-state index is 10.2. The standard InChI is InChI=1S/C25H30N4OS/c1-17-22(18-7-13-31-14-8-18)19(15-26)23-27-20-5-3-4-6-21(20)29(23)24(17)28-11-9-25(2,16-30)10-12-28/h3-6,18,30H,7-14,16H2,1-2H3. The molecular weight excluding hydrogens is 404 g/mol. The Labute approximate surface area is 188 Å². The Bertz CT molecular complexity index is 1160. The first-order chi connectivity index (χ1) is 15.1. The number of aromatic nitrogens is 2. The lowest BCUT2D eigenvalue weighted by molar-refractivity contribution is 0.114. The summed E-state index contributed by atoms with van der Waals surface area (Å²) in [4.78, 5) is 7.42. The molecule has 0 saturated carbocycles. The molecule has 2 aliphatic heterocycles. The number of pyridine rings is 1. The molecule has 1 aromatic carbocycles. The minimum Gasteiger partial charge on any atom is -0.396 e. The number of nitrogens with zero attached hydrogens (tertiary/aromatic N) is 4. The lowest BCUT2D eigenvalue weighted by Crippen LogP contribution is -2.41. The monoisotopic (exact) mass is 434 g/mol. The van der Waals surface area contributed by atoms with E-state index in [0.717, 1.165) is 72.5 Å². The van der Waals surface area contributed by atoms with E-state index in [4.69, 9.17) is 4.98 Å². The average Bonchev–Trinajstić information content (AvgIpc) is 3.19. The Hall–Kier alpha value is -2.23. The highest BCUT2D eigenvalue weighted by atomic mass is 32.2. The molecule has 2 saturated heterocycles. The van der Waals surface area contributed by atoms with E-state index in [9.17, 15) is 10.4 Å². The van der Waals surface area contributed by atoms with E-state index in [-0.39, 0.29) is 12.0 Å². The number of piperidine rings is 1. The van der Waals surface area contributed by atoms with Crippen LogP contribution in [0.3, 0.4) is 0 Å². The number of rotatable bonds is 3. The Morgan fingerprint density at radius 2 is 1.94 bits per heavy atom. The molecule has 0 radical (unpaired) electrons. The molecule has 0 atom stereocenters. The van der Waals surface area contributed by atoms with E-state index in [1.54, 1.807) is 0 Å². The fourth-order valence-corrected chi connectivity index (χ4v) is 6.51. The molecule has 4 heterocycles. The average molecular weight is 435 g/mol. The summed E-state index contributed by atoms with van der Waals surface area (Å²) in [6.07, 6.45) is 4.18. The zero-order valence-corrected chi connectivity index (χ0v) is 19.2. The number of para-hydroxylation sites is 2. The fraction of sp³-hybridized carbons (Fsp3) is 0.520. The summed E-state index contributed by atoms with van der Waals surface area (Å²) in [7, 11) is 0. The van der Waals surface area contributed by atoms with E-state index in [2.05, 4.69) is 35.3 Å². The molecule has 31 heavy (non-hydrogen) atoms. The summed E-state index contributed by atoms with van der Waals surface area (Å²) in [5.74, 6) is 3.93. The number of aliphatic hydroxyl groups excluding tert-OH is 1. The smallest absolute Gasteiger partial charge is 0.157 e. The van der Waals surface area contributed by atoms with Crippen molar-refractivity contribution in [2.75, 3.05) is 36.1 Å². The third-order valence-electron chi connectivity index (χ3n) is 7.40. The molecule has 0 spiro atoms. The maximum atomic E-state index is 10.2. The minimum absolute atomic E-state index is 0.00343. The van der Waals surface area contributed by atoms with Crippen LogP contribution in [0.1, 0.15) is 55.2 Å². The summed E-state index contributed by atoms with van der Waals surface area (Å²) >= 11 is 2.02. The van der Waals surface area contributed by atoms with Crippen molar-refractivity contribution in [3.05, 3.63) is 41.0 Å². The molecule has 2 aliphatic rings. The highest BCUT2D eigenvalue weighted by molar-refractivity contribution is 7.99. The van der Waals surface area contributed by atoms with Crippen molar-refractivity contribution >= 4 is 34.3 Å². The molecule has 2 fully saturated rings. The molecule has 5 rings (SSSR count). The van der Waals surface area contributed by atoms with Gasteiger partial charge in [-0.15, -0.1) is 0 Å². The first-order valence-electron chi connectivity index (χ1n) is 11.3. The van der Waals surface area contributed by atoms with Gasteiger partial charge in [-0.3, -0.25) is 4.40 Å². The highest BCUT2D eigenvalue weighted by Gasteiger charge is 2.33. The summed E-state index contributed by atoms with van der Waals surface area (Å²) in [6.45, 7) is 6.45. The summed E-state index contributed by atoms with van der Waals surface area (Å²) < 4.78 is 2.23. The molecule has 0 unspecified atom stereocenters. The van der Waals surface area contributed by atoms with Crippen LogP contribution in [0.25, 0.3) is 16.7 Å². The Balaban J connectivity index is 1.76. The molecule has 0 bridgehead atoms. The number of nitriles is 1. The van der Waals surface area contributed by atoms with Crippen LogP contribution in [-0.4, -0.2) is 45.7 Å². The van der Waals surface area contributed by atoms with E-state index in [0.29, 0.717) is 5.92 Å². The minimum atomic E-state index is -0.00343. The predicted octanol–water partition coefficient (Wildman–Crippen LogP) is 4.88. The second-order valence-corrected chi connectivity index (χ2v) is 10.7. The van der Waals surface area contributed by atoms with Crippen LogP contribution in [0.15, 0.2) is 24.3 Å². The second-order valence-electron chi connectivity index (χ2n) is 9.45. The van der Waals surface area contributed by atoms with E-state index in [1.165, 1.54) is 16.9 Å². The molecule has 3 aromatic rings. The zero-order chi connectivity index (χ0) is 21.6. The van der Waals surface area contributed by atoms with Gasteiger partial charge in [0.1, 0.15) is 11.9 Å². The number of imidazole rings is 1. The Morgan fingerprint density at radius 3 is 2.61 bits per heavy atom. The Morgan fingerprint density at radius 1 is 1.23 bits per heavy atom. The van der Waals surface area contributed by atoms with Gasteiger partial charge in [0.2, 0.25) is 0 Å². The molecule has 162 valence electrons. The lowest BCUT2D eigenvalue weighted by Gasteiger charge is -2.40. The molecule has 1 N–H and O–H groups in total. The normalized spacial score (nSPS) is 19.7. The predicted molar refractivity (Wildman–Crippen MR) is 128 cm³/mol. The van der Waals surface area contributed by atoms with E-state index in [1.807, 2.05) is 30.0 Å². The van der Waals surface area contributed by atoms with Crippen LogP contribution in [-0.2, 0) is 0 Å². The molecule has 5 nitrogen and oxygen atoms in total. The number of hydrogen-bond donors (Lipinski definition) is 1. The quantitative estimate of drug-likeness (QED) is 0.637. The number of aliphatic hydroxyl groups is 1. The number of anilines is 1. The van der Waals surface area contributed by atoms with Gasteiger partial charge in [-0.25, -0.2) is 4.98 Å². The summed E-state index contributed by atoms with van der Waals surface area (Å²) in [6, 6.07) is 10.8. The highest BCUT2D eigenvalue weighted by Crippen LogP contribution is 2.42. The van der Waals surface area contributed by atoms with Crippen LogP contribution in [0.2, 0.25) is 0 Å². The summed E-state index contributed by atoms with van der Waals surface area (Å²) in [5, 5.41) is 20.1. The molecular formula is C25H30N4OS. The van der Waals surface area contributed by atoms with Crippen LogP contribution in [0, 0.1) is 23.7 Å². The van der Waals surface area contributed by atoms with Crippen LogP contribution in [0.4, 0.5) is 5.82 Å². The number of fused-ring (bicyclic) bond motifs is 3. The first-order valence-corrected chi connectivity index (χ1v) is 12.5. The van der Waals surface area contributed by atoms with Gasteiger partial charge in [0.05, 0.1) is 16.6 Å². The number of thioether (sulfide) groups is 1. The van der Waals surface area contributed by atoms with Crippen molar-refractivity contribution in [3.63, 3.8) is 0 Å². The van der Waals surface area contributed by atoms with Crippen LogP contribution < -0.4 is 4.90 Å². The van der Waals surface area contributed by atoms with E-state index >= 15 is 0 Å². The van der Waals surface area contributed by atoms with Gasteiger partial charge in [-0.2, -0.15) is 17.0 Å². The Kier molecular flexibility index (Phi) is 5.35. The van der Waals surface area contributed by atoms with Gasteiger partial charge in [0, 0.05) is 19.7 Å². The molecule has 0 amide bonds. The lowest BCUT2D eigenvalue weighted by atomic mass is 9.81. The number of hydrogen-bond acceptors (Lipinski definition) is 5. The fourth-order valence-electron chi connectivity index (χ4n) is 5.41. The third-order valence-corrected chi connectivity index (χ3v) is 8.45. The largest absolute Gasteiger partial charge is 0.396 e. The van der Waals surface area contributed by atoms with Crippen LogP contribution >= 0.6 is 11.8 Å². The molecule has 2 aromatic heterocycles. The van der Waals surface area contributed by atoms with Gasteiger partial charge in [-0.05, 0) is 78.7 Å². The van der Waals surface area contributed by atoms with Gasteiger partial charge in [0.25, 0.3) is 0 Å². The van der Waals surface area contributed by atoms with E-state index < -0.39 is 0 Å². The van der Waals surface area contributed by atoms with Crippen molar-refractivity contribution in [1.29, 1.82) is 5.26 Å². The van der Waals surface area contributed by atoms with Crippen molar-refractivity contribution < 1.29 is 5.11 Å². The van der Waals surface area contributed by atoms with Crippen molar-refractivity contribution in [3.8, 4) is 6.07 Å². The van der Waals surface area contributed by atoms with Crippen molar-refractivity contribution in [2.24, 2.45) is 5.41 Å². The SMILES string of the molecule is Cc1c(C2CCSCC2)c(C#N)c2nc3ccccc3n2c1N1CCC(C)(CO)CC1. The summed E-state index contributed by atoms with van der Waals surface area (Å²) in [5.41, 5.74) is 6.00. The third kappa shape index (κ3) is 3.39. The molecule has 0 aliphatic carbocycles. The van der Waals surface area contributed by atoms with Gasteiger partial charge >= 0.3 is 0 Å². The van der Waals surface area contributed by atoms with Crippen molar-refractivity contribution in [2.45, 2.75) is 45.4 Å².